The molecule has 0 fully saturated rings. The number of nitrogens with zero attached hydrogens (tertiary/aromatic N) is 1. The molecule has 0 bridgehead atoms. The number of hydrogen-bond donors (Lipinski definition) is 0. The van der Waals surface area contributed by atoms with Crippen LogP contribution in [0.2, 0.25) is 0 Å². The molecule has 1 aromatic carbocycles. The highest BCUT2D eigenvalue weighted by Gasteiger charge is 2.16. The number of aryl methyl sites for hydroxylation is 1. The molecule has 0 radical (unpaired) electrons. The molecular formula is C15H17NO4. The van der Waals surface area contributed by atoms with Gasteiger partial charge in [-0.05, 0) is 18.9 Å². The van der Waals surface area contributed by atoms with Gasteiger partial charge in [0, 0.05) is 24.1 Å². The minimum atomic E-state index is -0.502. The first kappa shape index (κ1) is 14.2. The Balaban J connectivity index is 2.72. The van der Waals surface area contributed by atoms with E-state index < -0.39 is 4.92 Å². The molecule has 0 aliphatic heterocycles. The lowest BCUT2D eigenvalue weighted by atomic mass is 10.0. The fourth-order valence-corrected chi connectivity index (χ4v) is 2.31. The van der Waals surface area contributed by atoms with E-state index in [4.69, 9.17) is 4.42 Å². The Kier molecular flexibility index (Phi) is 4.17. The van der Waals surface area contributed by atoms with E-state index in [1.54, 1.807) is 0 Å². The van der Waals surface area contributed by atoms with Gasteiger partial charge in [-0.25, -0.2) is 0 Å². The van der Waals surface area contributed by atoms with Gasteiger partial charge in [0.05, 0.1) is 10.3 Å². The number of hydrogen-bond acceptors (Lipinski definition) is 4. The van der Waals surface area contributed by atoms with Crippen molar-refractivity contribution in [3.8, 4) is 0 Å². The summed E-state index contributed by atoms with van der Waals surface area (Å²) >= 11 is 0. The van der Waals surface area contributed by atoms with Crippen LogP contribution in [0.25, 0.3) is 11.0 Å². The summed E-state index contributed by atoms with van der Waals surface area (Å²) in [4.78, 5) is 22.8. The molecular weight excluding hydrogens is 258 g/mol. The second-order valence-electron chi connectivity index (χ2n) is 4.77. The average molecular weight is 275 g/mol. The fourth-order valence-electron chi connectivity index (χ4n) is 2.31. The molecule has 1 aromatic heterocycles. The molecule has 5 heteroatoms. The minimum Gasteiger partial charge on any atom is -0.461 e. The van der Waals surface area contributed by atoms with Crippen molar-refractivity contribution in [3.05, 3.63) is 49.9 Å². The molecule has 0 aliphatic carbocycles. The van der Waals surface area contributed by atoms with E-state index in [0.717, 1.165) is 12.8 Å². The monoisotopic (exact) mass is 275 g/mol. The van der Waals surface area contributed by atoms with Crippen LogP contribution in [0.15, 0.2) is 27.4 Å². The highest BCUT2D eigenvalue weighted by molar-refractivity contribution is 5.79. The van der Waals surface area contributed by atoms with Crippen LogP contribution in [0.1, 0.15) is 38.0 Å². The van der Waals surface area contributed by atoms with E-state index in [-0.39, 0.29) is 11.1 Å². The van der Waals surface area contributed by atoms with Crippen LogP contribution >= 0.6 is 0 Å². The lowest BCUT2D eigenvalue weighted by Gasteiger charge is -2.08. The predicted molar refractivity (Wildman–Crippen MR) is 77.1 cm³/mol. The summed E-state index contributed by atoms with van der Waals surface area (Å²) in [7, 11) is 0. The number of benzene rings is 1. The maximum absolute atomic E-state index is 12.5. The first-order chi connectivity index (χ1) is 9.58. The Morgan fingerprint density at radius 3 is 2.50 bits per heavy atom. The predicted octanol–water partition coefficient (Wildman–Crippen LogP) is 3.61. The van der Waals surface area contributed by atoms with Crippen LogP contribution in [-0.4, -0.2) is 4.92 Å². The van der Waals surface area contributed by atoms with Crippen molar-refractivity contribution in [2.24, 2.45) is 0 Å². The van der Waals surface area contributed by atoms with Gasteiger partial charge in [0.25, 0.3) is 5.69 Å². The maximum atomic E-state index is 12.5. The minimum absolute atomic E-state index is 0.0875. The first-order valence-electron chi connectivity index (χ1n) is 6.81. The van der Waals surface area contributed by atoms with Gasteiger partial charge < -0.3 is 4.42 Å². The Morgan fingerprint density at radius 1 is 1.20 bits per heavy atom. The second kappa shape index (κ2) is 5.86. The lowest BCUT2D eigenvalue weighted by Crippen LogP contribution is -2.13. The lowest BCUT2D eigenvalue weighted by molar-refractivity contribution is -0.384. The zero-order chi connectivity index (χ0) is 14.7. The molecule has 0 spiro atoms. The summed E-state index contributed by atoms with van der Waals surface area (Å²) in [6.07, 6.45) is 3.06. The SMILES string of the molecule is CCCc1oc2ccc([N+](=O)[O-])cc2c(=O)c1CCC. The molecule has 20 heavy (non-hydrogen) atoms. The second-order valence-corrected chi connectivity index (χ2v) is 4.77. The van der Waals surface area contributed by atoms with Crippen LogP contribution in [-0.2, 0) is 12.8 Å². The highest BCUT2D eigenvalue weighted by atomic mass is 16.6. The van der Waals surface area contributed by atoms with E-state index in [2.05, 4.69) is 0 Å². The molecule has 2 rings (SSSR count). The first-order valence-corrected chi connectivity index (χ1v) is 6.81. The summed E-state index contributed by atoms with van der Waals surface area (Å²) in [5, 5.41) is 11.1. The Morgan fingerprint density at radius 2 is 1.90 bits per heavy atom. The van der Waals surface area contributed by atoms with Gasteiger partial charge in [0.1, 0.15) is 11.3 Å². The molecule has 5 nitrogen and oxygen atoms in total. The van der Waals surface area contributed by atoms with Crippen LogP contribution in [0, 0.1) is 10.1 Å². The van der Waals surface area contributed by atoms with Crippen molar-refractivity contribution < 1.29 is 9.34 Å². The van der Waals surface area contributed by atoms with E-state index in [1.807, 2.05) is 13.8 Å². The van der Waals surface area contributed by atoms with Gasteiger partial charge in [-0.1, -0.05) is 20.3 Å². The van der Waals surface area contributed by atoms with Crippen LogP contribution < -0.4 is 5.43 Å². The van der Waals surface area contributed by atoms with Gasteiger partial charge in [0.15, 0.2) is 5.43 Å². The summed E-state index contributed by atoms with van der Waals surface area (Å²) in [5.41, 5.74) is 0.849. The van der Waals surface area contributed by atoms with Crippen LogP contribution in [0.5, 0.6) is 0 Å². The number of nitro groups is 1. The molecule has 1 heterocycles. The number of non-ortho nitro benzene ring substituents is 1. The number of fused-ring (bicyclic) bond motifs is 1. The number of nitro benzene ring substituents is 1. The maximum Gasteiger partial charge on any atom is 0.270 e. The van der Waals surface area contributed by atoms with Gasteiger partial charge in [-0.2, -0.15) is 0 Å². The van der Waals surface area contributed by atoms with E-state index in [0.29, 0.717) is 35.1 Å². The van der Waals surface area contributed by atoms with E-state index in [1.165, 1.54) is 18.2 Å². The molecule has 0 atom stereocenters. The highest BCUT2D eigenvalue weighted by Crippen LogP contribution is 2.22. The third kappa shape index (κ3) is 2.57. The van der Waals surface area contributed by atoms with Gasteiger partial charge >= 0.3 is 0 Å². The van der Waals surface area contributed by atoms with Crippen molar-refractivity contribution in [3.63, 3.8) is 0 Å². The fraction of sp³-hybridized carbons (Fsp3) is 0.400. The summed E-state index contributed by atoms with van der Waals surface area (Å²) in [6.45, 7) is 4.02. The topological polar surface area (TPSA) is 73.3 Å². The van der Waals surface area contributed by atoms with Gasteiger partial charge in [-0.15, -0.1) is 0 Å². The third-order valence-corrected chi connectivity index (χ3v) is 3.24. The standard InChI is InChI=1S/C15H17NO4/c1-3-5-11-13(6-4-2)20-14-8-7-10(16(18)19)9-12(14)15(11)17/h7-9H,3-6H2,1-2H3. The molecule has 0 saturated heterocycles. The van der Waals surface area contributed by atoms with Crippen molar-refractivity contribution in [1.82, 2.24) is 0 Å². The van der Waals surface area contributed by atoms with Crippen LogP contribution in [0.3, 0.4) is 0 Å². The molecule has 0 unspecified atom stereocenters. The zero-order valence-electron chi connectivity index (χ0n) is 11.6. The molecule has 0 aliphatic rings. The number of rotatable bonds is 5. The summed E-state index contributed by atoms with van der Waals surface area (Å²) in [5.74, 6) is 0.709. The summed E-state index contributed by atoms with van der Waals surface area (Å²) in [6, 6.07) is 4.17. The molecule has 2 aromatic rings. The quantitative estimate of drug-likeness (QED) is 0.617. The van der Waals surface area contributed by atoms with Gasteiger partial charge in [-0.3, -0.25) is 14.9 Å². The van der Waals surface area contributed by atoms with Crippen molar-refractivity contribution in [2.45, 2.75) is 39.5 Å². The third-order valence-electron chi connectivity index (χ3n) is 3.24. The zero-order valence-corrected chi connectivity index (χ0v) is 11.6. The molecule has 0 saturated carbocycles. The average Bonchev–Trinajstić information content (AvgIpc) is 2.43. The largest absolute Gasteiger partial charge is 0.461 e. The van der Waals surface area contributed by atoms with Crippen molar-refractivity contribution in [1.29, 1.82) is 0 Å². The molecule has 106 valence electrons. The smallest absolute Gasteiger partial charge is 0.270 e. The van der Waals surface area contributed by atoms with Crippen molar-refractivity contribution >= 4 is 16.7 Å². The van der Waals surface area contributed by atoms with Gasteiger partial charge in [0.2, 0.25) is 0 Å². The molecule has 0 N–H and O–H groups in total. The Labute approximate surface area is 116 Å². The van der Waals surface area contributed by atoms with Crippen molar-refractivity contribution in [2.75, 3.05) is 0 Å². The normalized spacial score (nSPS) is 10.9. The van der Waals surface area contributed by atoms with Crippen LogP contribution in [0.4, 0.5) is 5.69 Å². The summed E-state index contributed by atoms with van der Waals surface area (Å²) < 4.78 is 5.78. The molecule has 0 amide bonds. The van der Waals surface area contributed by atoms with E-state index >= 15 is 0 Å². The van der Waals surface area contributed by atoms with E-state index in [9.17, 15) is 14.9 Å². The Bertz CT molecular complexity index is 703. The Hall–Kier alpha value is -2.17.